The SMILES string of the molecule is COc1cc2c3c(cc4ccccc4c3c1OC)N(CCCN1CCCCC1C)C2=O. The molecule has 162 valence electrons. The Morgan fingerprint density at radius 2 is 1.87 bits per heavy atom. The first-order valence-electron chi connectivity index (χ1n) is 11.3. The summed E-state index contributed by atoms with van der Waals surface area (Å²) >= 11 is 0. The smallest absolute Gasteiger partial charge is 0.259 e. The van der Waals surface area contributed by atoms with E-state index in [4.69, 9.17) is 9.47 Å². The Hall–Kier alpha value is -2.79. The zero-order valence-electron chi connectivity index (χ0n) is 18.6. The molecular weight excluding hydrogens is 388 g/mol. The van der Waals surface area contributed by atoms with Crippen molar-refractivity contribution in [1.82, 2.24) is 4.90 Å². The topological polar surface area (TPSA) is 42.0 Å². The summed E-state index contributed by atoms with van der Waals surface area (Å²) in [5, 5.41) is 4.13. The van der Waals surface area contributed by atoms with Gasteiger partial charge in [-0.15, -0.1) is 0 Å². The van der Waals surface area contributed by atoms with E-state index in [1.807, 2.05) is 23.1 Å². The third kappa shape index (κ3) is 3.23. The Morgan fingerprint density at radius 1 is 1.03 bits per heavy atom. The predicted molar refractivity (Wildman–Crippen MR) is 126 cm³/mol. The maximum Gasteiger partial charge on any atom is 0.259 e. The highest BCUT2D eigenvalue weighted by molar-refractivity contribution is 6.31. The van der Waals surface area contributed by atoms with Gasteiger partial charge in [0.1, 0.15) is 0 Å². The van der Waals surface area contributed by atoms with E-state index in [0.29, 0.717) is 23.1 Å². The number of carbonyl (C=O) groups is 1. The summed E-state index contributed by atoms with van der Waals surface area (Å²) in [4.78, 5) is 18.0. The van der Waals surface area contributed by atoms with Crippen LogP contribution in [0.3, 0.4) is 0 Å². The second-order valence-electron chi connectivity index (χ2n) is 8.72. The first kappa shape index (κ1) is 20.1. The molecule has 0 saturated carbocycles. The van der Waals surface area contributed by atoms with E-state index < -0.39 is 0 Å². The summed E-state index contributed by atoms with van der Waals surface area (Å²) in [6, 6.07) is 12.9. The van der Waals surface area contributed by atoms with Crippen molar-refractivity contribution < 1.29 is 14.3 Å². The number of ether oxygens (including phenoxy) is 2. The minimum absolute atomic E-state index is 0.0583. The highest BCUT2D eigenvalue weighted by Gasteiger charge is 2.33. The zero-order valence-corrected chi connectivity index (χ0v) is 18.6. The lowest BCUT2D eigenvalue weighted by Crippen LogP contribution is -2.39. The quantitative estimate of drug-likeness (QED) is 0.514. The fourth-order valence-corrected chi connectivity index (χ4v) is 5.37. The van der Waals surface area contributed by atoms with Crippen LogP contribution in [-0.4, -0.2) is 50.7 Å². The van der Waals surface area contributed by atoms with Crippen molar-refractivity contribution in [2.24, 2.45) is 0 Å². The number of nitrogens with zero attached hydrogens (tertiary/aromatic N) is 2. The number of anilines is 1. The Bertz CT molecular complexity index is 1160. The van der Waals surface area contributed by atoms with E-state index in [-0.39, 0.29) is 5.91 Å². The first-order chi connectivity index (χ1) is 15.1. The van der Waals surface area contributed by atoms with Gasteiger partial charge >= 0.3 is 0 Å². The van der Waals surface area contributed by atoms with Crippen LogP contribution in [0.5, 0.6) is 11.5 Å². The number of amides is 1. The second-order valence-corrected chi connectivity index (χ2v) is 8.72. The van der Waals surface area contributed by atoms with Gasteiger partial charge in [-0.05, 0) is 55.6 Å². The van der Waals surface area contributed by atoms with E-state index >= 15 is 0 Å². The van der Waals surface area contributed by atoms with E-state index in [9.17, 15) is 4.79 Å². The van der Waals surface area contributed by atoms with Crippen molar-refractivity contribution in [2.75, 3.05) is 38.8 Å². The van der Waals surface area contributed by atoms with Crippen LogP contribution in [0, 0.1) is 0 Å². The van der Waals surface area contributed by atoms with Crippen molar-refractivity contribution >= 4 is 33.1 Å². The summed E-state index contributed by atoms with van der Waals surface area (Å²) in [7, 11) is 3.29. The number of benzene rings is 3. The Kier molecular flexibility index (Phi) is 5.22. The van der Waals surface area contributed by atoms with Crippen LogP contribution < -0.4 is 14.4 Å². The normalized spacial score (nSPS) is 18.9. The van der Waals surface area contributed by atoms with Gasteiger partial charge in [0.15, 0.2) is 11.5 Å². The molecule has 2 heterocycles. The maximum absolute atomic E-state index is 13.5. The van der Waals surface area contributed by atoms with Gasteiger partial charge in [-0.3, -0.25) is 4.79 Å². The molecule has 1 fully saturated rings. The number of fused-ring (bicyclic) bond motifs is 2. The predicted octanol–water partition coefficient (Wildman–Crippen LogP) is 5.23. The molecule has 1 unspecified atom stereocenters. The van der Waals surface area contributed by atoms with Gasteiger partial charge in [0.05, 0.1) is 25.5 Å². The molecule has 0 bridgehead atoms. The molecule has 5 nitrogen and oxygen atoms in total. The lowest BCUT2D eigenvalue weighted by molar-refractivity contribution is 0.0989. The highest BCUT2D eigenvalue weighted by Crippen LogP contribution is 2.49. The average molecular weight is 419 g/mol. The lowest BCUT2D eigenvalue weighted by Gasteiger charge is -2.33. The molecule has 0 aromatic heterocycles. The molecule has 3 aromatic rings. The number of hydrogen-bond acceptors (Lipinski definition) is 4. The number of rotatable bonds is 6. The van der Waals surface area contributed by atoms with Crippen molar-refractivity contribution in [1.29, 1.82) is 0 Å². The molecule has 1 saturated heterocycles. The molecule has 0 aliphatic carbocycles. The number of methoxy groups -OCH3 is 2. The molecule has 31 heavy (non-hydrogen) atoms. The van der Waals surface area contributed by atoms with Crippen molar-refractivity contribution in [3.63, 3.8) is 0 Å². The minimum atomic E-state index is 0.0583. The number of likely N-dealkylation sites (tertiary alicyclic amines) is 1. The van der Waals surface area contributed by atoms with Gasteiger partial charge in [-0.2, -0.15) is 0 Å². The van der Waals surface area contributed by atoms with Gasteiger partial charge in [0, 0.05) is 29.9 Å². The average Bonchev–Trinajstić information content (AvgIpc) is 3.06. The van der Waals surface area contributed by atoms with Gasteiger partial charge in [0.25, 0.3) is 5.91 Å². The van der Waals surface area contributed by atoms with E-state index in [0.717, 1.165) is 46.7 Å². The van der Waals surface area contributed by atoms with Crippen LogP contribution >= 0.6 is 0 Å². The molecule has 1 amide bonds. The molecule has 0 radical (unpaired) electrons. The van der Waals surface area contributed by atoms with E-state index in [1.54, 1.807) is 14.2 Å². The Morgan fingerprint density at radius 3 is 2.65 bits per heavy atom. The van der Waals surface area contributed by atoms with Gasteiger partial charge in [-0.25, -0.2) is 0 Å². The van der Waals surface area contributed by atoms with E-state index in [1.165, 1.54) is 25.8 Å². The van der Waals surface area contributed by atoms with Crippen LogP contribution in [0.25, 0.3) is 21.5 Å². The summed E-state index contributed by atoms with van der Waals surface area (Å²) in [5.41, 5.74) is 1.70. The van der Waals surface area contributed by atoms with Crippen LogP contribution in [-0.2, 0) is 0 Å². The highest BCUT2D eigenvalue weighted by atomic mass is 16.5. The molecule has 5 rings (SSSR count). The summed E-state index contributed by atoms with van der Waals surface area (Å²) < 4.78 is 11.4. The Balaban J connectivity index is 1.56. The zero-order chi connectivity index (χ0) is 21.5. The number of piperidine rings is 1. The summed E-state index contributed by atoms with van der Waals surface area (Å²) in [5.74, 6) is 1.35. The van der Waals surface area contributed by atoms with Crippen LogP contribution in [0.1, 0.15) is 43.0 Å². The fraction of sp³-hybridized carbons (Fsp3) is 0.423. The molecule has 1 atom stereocenters. The largest absolute Gasteiger partial charge is 0.493 e. The lowest BCUT2D eigenvalue weighted by atomic mass is 9.97. The van der Waals surface area contributed by atoms with Gasteiger partial charge < -0.3 is 19.3 Å². The number of hydrogen-bond donors (Lipinski definition) is 0. The van der Waals surface area contributed by atoms with Crippen LogP contribution in [0.4, 0.5) is 5.69 Å². The monoisotopic (exact) mass is 418 g/mol. The molecule has 3 aromatic carbocycles. The molecular formula is C26H30N2O3. The third-order valence-corrected chi connectivity index (χ3v) is 6.98. The molecule has 5 heteroatoms. The number of carbonyl (C=O) groups excluding carboxylic acids is 1. The van der Waals surface area contributed by atoms with Crippen molar-refractivity contribution in [3.8, 4) is 11.5 Å². The molecule has 2 aliphatic heterocycles. The summed E-state index contributed by atoms with van der Waals surface area (Å²) in [6.07, 6.45) is 4.85. The van der Waals surface area contributed by atoms with Crippen LogP contribution in [0.2, 0.25) is 0 Å². The third-order valence-electron chi connectivity index (χ3n) is 6.98. The Labute approximate surface area is 183 Å². The second kappa shape index (κ2) is 8.04. The molecule has 0 spiro atoms. The standard InChI is InChI=1S/C26H30N2O3/c1-17-9-6-7-12-27(17)13-8-14-28-21-15-18-10-4-5-11-19(18)24-23(21)20(26(28)29)16-22(30-2)25(24)31-3/h4-5,10-11,15-17H,6-9,12-14H2,1-3H3. The molecule has 2 aliphatic rings. The van der Waals surface area contributed by atoms with Crippen molar-refractivity contribution in [3.05, 3.63) is 42.0 Å². The minimum Gasteiger partial charge on any atom is -0.493 e. The van der Waals surface area contributed by atoms with E-state index in [2.05, 4.69) is 30.0 Å². The summed E-state index contributed by atoms with van der Waals surface area (Å²) in [6.45, 7) is 5.24. The van der Waals surface area contributed by atoms with Gasteiger partial charge in [0.2, 0.25) is 0 Å². The fourth-order valence-electron chi connectivity index (χ4n) is 5.37. The van der Waals surface area contributed by atoms with Crippen molar-refractivity contribution in [2.45, 2.75) is 38.6 Å². The maximum atomic E-state index is 13.5. The molecule has 0 N–H and O–H groups in total. The first-order valence-corrected chi connectivity index (χ1v) is 11.3. The van der Waals surface area contributed by atoms with Crippen LogP contribution in [0.15, 0.2) is 36.4 Å². The van der Waals surface area contributed by atoms with Gasteiger partial charge in [-0.1, -0.05) is 30.7 Å².